The fourth-order valence-electron chi connectivity index (χ4n) is 1.71. The van der Waals surface area contributed by atoms with Gasteiger partial charge in [-0.25, -0.2) is 9.97 Å². The molecule has 0 unspecified atom stereocenters. The Hall–Kier alpha value is -1.91. The summed E-state index contributed by atoms with van der Waals surface area (Å²) in [4.78, 5) is 21.6. The highest BCUT2D eigenvalue weighted by atomic mass is 16.2. The van der Waals surface area contributed by atoms with Crippen LogP contribution in [0.2, 0.25) is 0 Å². The van der Waals surface area contributed by atoms with Gasteiger partial charge in [0, 0.05) is 31.9 Å². The lowest BCUT2D eigenvalue weighted by Crippen LogP contribution is -2.57. The van der Waals surface area contributed by atoms with E-state index in [-0.39, 0.29) is 11.9 Å². The summed E-state index contributed by atoms with van der Waals surface area (Å²) >= 11 is 0. The first kappa shape index (κ1) is 11.6. The number of anilines is 1. The Morgan fingerprint density at radius 1 is 1.53 bits per heavy atom. The Balaban J connectivity index is 1.72. The molecule has 0 atom stereocenters. The second-order valence-electron chi connectivity index (χ2n) is 4.04. The van der Waals surface area contributed by atoms with Crippen LogP contribution < -0.4 is 5.32 Å². The molecule has 1 aliphatic heterocycles. The first-order valence-corrected chi connectivity index (χ1v) is 5.72. The van der Waals surface area contributed by atoms with Gasteiger partial charge in [-0.1, -0.05) is 6.08 Å². The first-order chi connectivity index (χ1) is 8.29. The van der Waals surface area contributed by atoms with Crippen molar-refractivity contribution in [2.75, 3.05) is 18.4 Å². The van der Waals surface area contributed by atoms with E-state index in [1.807, 2.05) is 4.90 Å². The molecule has 1 fully saturated rings. The minimum Gasteiger partial charge on any atom is -0.348 e. The first-order valence-electron chi connectivity index (χ1n) is 5.72. The number of carbonyl (C=O) groups excluding carboxylic acids is 1. The molecule has 1 aliphatic rings. The summed E-state index contributed by atoms with van der Waals surface area (Å²) in [5, 5.41) is 3.18. The zero-order valence-electron chi connectivity index (χ0n) is 9.67. The molecule has 5 heteroatoms. The molecule has 5 nitrogen and oxygen atoms in total. The normalized spacial score (nSPS) is 15.2. The molecule has 1 N–H and O–H groups in total. The van der Waals surface area contributed by atoms with Crippen molar-refractivity contribution >= 4 is 11.9 Å². The van der Waals surface area contributed by atoms with Crippen LogP contribution in [0.15, 0.2) is 31.1 Å². The molecular weight excluding hydrogens is 216 g/mol. The van der Waals surface area contributed by atoms with Gasteiger partial charge in [-0.15, -0.1) is 6.58 Å². The van der Waals surface area contributed by atoms with E-state index in [0.29, 0.717) is 12.4 Å². The molecule has 0 bridgehead atoms. The topological polar surface area (TPSA) is 58.1 Å². The fourth-order valence-corrected chi connectivity index (χ4v) is 1.71. The lowest BCUT2D eigenvalue weighted by Gasteiger charge is -2.39. The van der Waals surface area contributed by atoms with Crippen molar-refractivity contribution in [1.82, 2.24) is 14.9 Å². The summed E-state index contributed by atoms with van der Waals surface area (Å²) in [5.74, 6) is 0.813. The smallest absolute Gasteiger partial charge is 0.223 e. The van der Waals surface area contributed by atoms with Crippen LogP contribution in [0, 0.1) is 0 Å². The quantitative estimate of drug-likeness (QED) is 0.771. The summed E-state index contributed by atoms with van der Waals surface area (Å²) in [6.45, 7) is 5.07. The van der Waals surface area contributed by atoms with Crippen LogP contribution in [-0.4, -0.2) is 39.9 Å². The maximum atomic E-state index is 11.6. The van der Waals surface area contributed by atoms with Crippen LogP contribution >= 0.6 is 0 Å². The van der Waals surface area contributed by atoms with Crippen LogP contribution in [0.5, 0.6) is 0 Å². The van der Waals surface area contributed by atoms with E-state index in [4.69, 9.17) is 0 Å². The summed E-state index contributed by atoms with van der Waals surface area (Å²) in [6.07, 6.45) is 6.46. The zero-order valence-corrected chi connectivity index (χ0v) is 9.67. The Kier molecular flexibility index (Phi) is 3.69. The number of carbonyl (C=O) groups is 1. The van der Waals surface area contributed by atoms with E-state index in [1.54, 1.807) is 24.5 Å². The maximum absolute atomic E-state index is 11.6. The van der Waals surface area contributed by atoms with Crippen LogP contribution in [-0.2, 0) is 4.79 Å². The van der Waals surface area contributed by atoms with E-state index in [9.17, 15) is 4.79 Å². The van der Waals surface area contributed by atoms with Crippen molar-refractivity contribution in [3.63, 3.8) is 0 Å². The third kappa shape index (κ3) is 3.03. The summed E-state index contributed by atoms with van der Waals surface area (Å²) < 4.78 is 0. The van der Waals surface area contributed by atoms with E-state index >= 15 is 0 Å². The van der Waals surface area contributed by atoms with Crippen molar-refractivity contribution in [1.29, 1.82) is 0 Å². The largest absolute Gasteiger partial charge is 0.348 e. The van der Waals surface area contributed by atoms with Gasteiger partial charge in [0.05, 0.1) is 6.04 Å². The van der Waals surface area contributed by atoms with Crippen LogP contribution in [0.4, 0.5) is 5.95 Å². The molecule has 1 aromatic rings. The fraction of sp³-hybridized carbons (Fsp3) is 0.417. The highest BCUT2D eigenvalue weighted by Crippen LogP contribution is 2.13. The Labute approximate surface area is 101 Å². The zero-order chi connectivity index (χ0) is 12.1. The number of hydrogen-bond acceptors (Lipinski definition) is 4. The third-order valence-electron chi connectivity index (χ3n) is 2.70. The molecule has 0 spiro atoms. The second-order valence-corrected chi connectivity index (χ2v) is 4.04. The molecule has 2 rings (SSSR count). The van der Waals surface area contributed by atoms with Gasteiger partial charge in [-0.2, -0.15) is 0 Å². The predicted octanol–water partition coefficient (Wildman–Crippen LogP) is 1.07. The average molecular weight is 232 g/mol. The van der Waals surface area contributed by atoms with Gasteiger partial charge < -0.3 is 10.2 Å². The Morgan fingerprint density at radius 3 is 2.88 bits per heavy atom. The molecule has 1 aromatic heterocycles. The van der Waals surface area contributed by atoms with Crippen molar-refractivity contribution in [3.8, 4) is 0 Å². The van der Waals surface area contributed by atoms with Crippen molar-refractivity contribution in [3.05, 3.63) is 31.1 Å². The number of nitrogens with zero attached hydrogens (tertiary/aromatic N) is 3. The van der Waals surface area contributed by atoms with Gasteiger partial charge in [0.25, 0.3) is 0 Å². The maximum Gasteiger partial charge on any atom is 0.223 e. The number of allylic oxidation sites excluding steroid dienone is 1. The number of rotatable bonds is 5. The molecule has 90 valence electrons. The monoisotopic (exact) mass is 232 g/mol. The van der Waals surface area contributed by atoms with E-state index < -0.39 is 0 Å². The van der Waals surface area contributed by atoms with Crippen LogP contribution in [0.1, 0.15) is 12.8 Å². The van der Waals surface area contributed by atoms with Crippen molar-refractivity contribution in [2.45, 2.75) is 18.9 Å². The summed E-state index contributed by atoms with van der Waals surface area (Å²) in [6, 6.07) is 2.04. The molecule has 0 saturated carbocycles. The molecule has 0 radical (unpaired) electrons. The van der Waals surface area contributed by atoms with E-state index in [1.165, 1.54) is 0 Å². The summed E-state index contributed by atoms with van der Waals surface area (Å²) in [5.41, 5.74) is 0. The molecule has 0 aliphatic carbocycles. The van der Waals surface area contributed by atoms with E-state index in [2.05, 4.69) is 21.9 Å². The SMILES string of the molecule is C=CCCC(=O)N1CC(Nc2ncccn2)C1. The molecule has 2 heterocycles. The standard InChI is InChI=1S/C12H16N4O/c1-2-3-5-11(17)16-8-10(9-16)15-12-13-6-4-7-14-12/h2,4,6-7,10H,1,3,5,8-9H2,(H,13,14,15). The highest BCUT2D eigenvalue weighted by molar-refractivity contribution is 5.77. The van der Waals surface area contributed by atoms with Gasteiger partial charge in [0.15, 0.2) is 0 Å². The second kappa shape index (κ2) is 5.43. The number of likely N-dealkylation sites (tertiary alicyclic amines) is 1. The van der Waals surface area contributed by atoms with Crippen LogP contribution in [0.3, 0.4) is 0 Å². The van der Waals surface area contributed by atoms with Crippen LogP contribution in [0.25, 0.3) is 0 Å². The molecular formula is C12H16N4O. The van der Waals surface area contributed by atoms with Crippen molar-refractivity contribution in [2.24, 2.45) is 0 Å². The Bertz CT molecular complexity index is 387. The number of nitrogens with one attached hydrogen (secondary N) is 1. The highest BCUT2D eigenvalue weighted by Gasteiger charge is 2.30. The lowest BCUT2D eigenvalue weighted by molar-refractivity contribution is -0.135. The van der Waals surface area contributed by atoms with E-state index in [0.717, 1.165) is 19.5 Å². The average Bonchev–Trinajstić information content (AvgIpc) is 2.31. The minimum absolute atomic E-state index is 0.192. The van der Waals surface area contributed by atoms with Gasteiger partial charge in [-0.05, 0) is 12.5 Å². The number of amides is 1. The number of aromatic nitrogens is 2. The van der Waals surface area contributed by atoms with Gasteiger partial charge in [-0.3, -0.25) is 4.79 Å². The van der Waals surface area contributed by atoms with Gasteiger partial charge >= 0.3 is 0 Å². The lowest BCUT2D eigenvalue weighted by atomic mass is 10.1. The number of hydrogen-bond donors (Lipinski definition) is 1. The van der Waals surface area contributed by atoms with Gasteiger partial charge in [0.1, 0.15) is 0 Å². The minimum atomic E-state index is 0.192. The van der Waals surface area contributed by atoms with Gasteiger partial charge in [0.2, 0.25) is 11.9 Å². The molecule has 1 saturated heterocycles. The summed E-state index contributed by atoms with van der Waals surface area (Å²) in [7, 11) is 0. The Morgan fingerprint density at radius 2 is 2.24 bits per heavy atom. The van der Waals surface area contributed by atoms with Crippen molar-refractivity contribution < 1.29 is 4.79 Å². The third-order valence-corrected chi connectivity index (χ3v) is 2.70. The molecule has 1 amide bonds. The molecule has 17 heavy (non-hydrogen) atoms. The predicted molar refractivity (Wildman–Crippen MR) is 65.5 cm³/mol. The molecule has 0 aromatic carbocycles.